The van der Waals surface area contributed by atoms with E-state index in [1.807, 2.05) is 27.7 Å². The Bertz CT molecular complexity index is 924. The van der Waals surface area contributed by atoms with Crippen molar-refractivity contribution in [3.05, 3.63) is 65.0 Å². The van der Waals surface area contributed by atoms with Crippen LogP contribution in [0.1, 0.15) is 43.6 Å². The number of hydrogen-bond acceptors (Lipinski definition) is 4. The van der Waals surface area contributed by atoms with E-state index in [0.717, 1.165) is 12.1 Å². The summed E-state index contributed by atoms with van der Waals surface area (Å²) in [6.45, 7) is 8.00. The zero-order valence-corrected chi connectivity index (χ0v) is 17.4. The number of nitrogens with zero attached hydrogens (tertiary/aromatic N) is 1. The molecule has 0 spiro atoms. The van der Waals surface area contributed by atoms with Gasteiger partial charge in [-0.1, -0.05) is 45.9 Å². The van der Waals surface area contributed by atoms with Crippen LogP contribution in [0.2, 0.25) is 0 Å². The number of aromatic carboxylic acids is 1. The van der Waals surface area contributed by atoms with Crippen LogP contribution >= 0.6 is 11.3 Å². The quantitative estimate of drug-likeness (QED) is 0.460. The Balaban J connectivity index is 0.000000989. The third-order valence-corrected chi connectivity index (χ3v) is 4.11. The van der Waals surface area contributed by atoms with E-state index in [1.165, 1.54) is 35.6 Å². The van der Waals surface area contributed by atoms with Crippen LogP contribution in [0.25, 0.3) is 11.3 Å². The van der Waals surface area contributed by atoms with Crippen LogP contribution in [0.3, 0.4) is 0 Å². The molecule has 2 aromatic carbocycles. The number of carboxylic acids is 1. The van der Waals surface area contributed by atoms with Gasteiger partial charge in [-0.25, -0.2) is 9.78 Å². The normalized spacial score (nSPS) is 10.2. The topological polar surface area (TPSA) is 62.2 Å². The second kappa shape index (κ2) is 11.2. The first-order valence-electron chi connectivity index (χ1n) is 9.06. The van der Waals surface area contributed by atoms with Crippen molar-refractivity contribution in [3.8, 4) is 11.3 Å². The van der Waals surface area contributed by atoms with Gasteiger partial charge in [0.15, 0.2) is 5.13 Å². The Hall–Kier alpha value is -2.87. The van der Waals surface area contributed by atoms with Crippen molar-refractivity contribution in [2.45, 2.75) is 33.9 Å². The standard InChI is InChI=1S/C17H11F3N2O2S.2C2H6/c18-17(19,20)12-5-2-6-13(8-12)21-16-22-14(9-25-16)10-3-1-4-11(7-10)15(23)24;2*1-2/h1-9H,(H,21,22)(H,23,24);2*1-2H3. The summed E-state index contributed by atoms with van der Waals surface area (Å²) in [7, 11) is 0. The smallest absolute Gasteiger partial charge is 0.416 e. The summed E-state index contributed by atoms with van der Waals surface area (Å²) in [5, 5.41) is 14.0. The van der Waals surface area contributed by atoms with E-state index in [2.05, 4.69) is 10.3 Å². The van der Waals surface area contributed by atoms with Gasteiger partial charge in [-0.3, -0.25) is 0 Å². The van der Waals surface area contributed by atoms with E-state index in [1.54, 1.807) is 17.5 Å². The van der Waals surface area contributed by atoms with Crippen LogP contribution < -0.4 is 5.32 Å². The maximum Gasteiger partial charge on any atom is 0.416 e. The first kappa shape index (κ1) is 24.2. The van der Waals surface area contributed by atoms with Gasteiger partial charge >= 0.3 is 12.1 Å². The summed E-state index contributed by atoms with van der Waals surface area (Å²) in [6, 6.07) is 11.1. The second-order valence-electron chi connectivity index (χ2n) is 5.13. The lowest BCUT2D eigenvalue weighted by Gasteiger charge is -2.08. The van der Waals surface area contributed by atoms with E-state index < -0.39 is 17.7 Å². The molecule has 0 aliphatic rings. The number of carboxylic acid groups (broad SMARTS) is 1. The molecule has 0 fully saturated rings. The number of nitrogens with one attached hydrogen (secondary N) is 1. The van der Waals surface area contributed by atoms with Gasteiger partial charge in [0.05, 0.1) is 16.8 Å². The van der Waals surface area contributed by atoms with Crippen molar-refractivity contribution in [3.63, 3.8) is 0 Å². The summed E-state index contributed by atoms with van der Waals surface area (Å²) in [6.07, 6.45) is -4.41. The van der Waals surface area contributed by atoms with Crippen molar-refractivity contribution in [1.29, 1.82) is 0 Å². The molecule has 0 bridgehead atoms. The maximum absolute atomic E-state index is 12.7. The van der Waals surface area contributed by atoms with E-state index in [9.17, 15) is 18.0 Å². The highest BCUT2D eigenvalue weighted by Crippen LogP contribution is 2.32. The van der Waals surface area contributed by atoms with Gasteiger partial charge in [0, 0.05) is 16.6 Å². The van der Waals surface area contributed by atoms with Gasteiger partial charge in [-0.15, -0.1) is 11.3 Å². The highest BCUT2D eigenvalue weighted by atomic mass is 32.1. The molecule has 29 heavy (non-hydrogen) atoms. The minimum absolute atomic E-state index is 0.137. The average molecular weight is 424 g/mol. The molecule has 0 atom stereocenters. The Morgan fingerprint density at radius 3 is 2.31 bits per heavy atom. The Kier molecular flexibility index (Phi) is 9.34. The second-order valence-corrected chi connectivity index (χ2v) is 5.99. The number of aromatic nitrogens is 1. The molecule has 0 saturated heterocycles. The molecule has 0 amide bonds. The highest BCUT2D eigenvalue weighted by molar-refractivity contribution is 7.14. The van der Waals surface area contributed by atoms with Crippen LogP contribution in [0, 0.1) is 0 Å². The third kappa shape index (κ3) is 6.90. The van der Waals surface area contributed by atoms with Gasteiger partial charge in [0.2, 0.25) is 0 Å². The number of thiazole rings is 1. The predicted octanol–water partition coefficient (Wildman–Crippen LogP) is 7.32. The molecule has 0 aliphatic carbocycles. The molecule has 0 radical (unpaired) electrons. The zero-order chi connectivity index (χ0) is 22.0. The third-order valence-electron chi connectivity index (χ3n) is 3.35. The lowest BCUT2D eigenvalue weighted by molar-refractivity contribution is -0.137. The maximum atomic E-state index is 12.7. The lowest BCUT2D eigenvalue weighted by atomic mass is 10.1. The Labute approximate surface area is 172 Å². The Morgan fingerprint density at radius 2 is 1.69 bits per heavy atom. The molecule has 1 heterocycles. The van der Waals surface area contributed by atoms with Crippen molar-refractivity contribution < 1.29 is 23.1 Å². The number of benzene rings is 2. The first-order valence-corrected chi connectivity index (χ1v) is 9.94. The first-order chi connectivity index (χ1) is 13.8. The van der Waals surface area contributed by atoms with Gasteiger partial charge in [0.1, 0.15) is 0 Å². The summed E-state index contributed by atoms with van der Waals surface area (Å²) in [5.41, 5.74) is 0.826. The average Bonchev–Trinajstić information content (AvgIpc) is 3.19. The number of carbonyl (C=O) groups is 1. The monoisotopic (exact) mass is 424 g/mol. The molecule has 4 nitrogen and oxygen atoms in total. The highest BCUT2D eigenvalue weighted by Gasteiger charge is 2.30. The zero-order valence-electron chi connectivity index (χ0n) is 16.5. The van der Waals surface area contributed by atoms with Crippen LogP contribution in [-0.4, -0.2) is 16.1 Å². The number of anilines is 2. The van der Waals surface area contributed by atoms with Crippen LogP contribution in [0.15, 0.2) is 53.9 Å². The predicted molar refractivity (Wildman–Crippen MR) is 112 cm³/mol. The van der Waals surface area contributed by atoms with Gasteiger partial charge < -0.3 is 10.4 Å². The number of alkyl halides is 3. The molecule has 2 N–H and O–H groups in total. The van der Waals surface area contributed by atoms with Crippen molar-refractivity contribution >= 4 is 28.1 Å². The summed E-state index contributed by atoms with van der Waals surface area (Å²) < 4.78 is 38.2. The van der Waals surface area contributed by atoms with E-state index in [0.29, 0.717) is 16.4 Å². The van der Waals surface area contributed by atoms with Crippen LogP contribution in [0.5, 0.6) is 0 Å². The molecule has 0 aliphatic heterocycles. The minimum Gasteiger partial charge on any atom is -0.478 e. The number of halogens is 3. The van der Waals surface area contributed by atoms with Crippen molar-refractivity contribution in [2.24, 2.45) is 0 Å². The van der Waals surface area contributed by atoms with Crippen LogP contribution in [0.4, 0.5) is 24.0 Å². The lowest BCUT2D eigenvalue weighted by Crippen LogP contribution is -2.05. The minimum atomic E-state index is -4.41. The molecule has 0 unspecified atom stereocenters. The molecule has 8 heteroatoms. The molecule has 3 rings (SSSR count). The fraction of sp³-hybridized carbons (Fsp3) is 0.238. The molecule has 156 valence electrons. The summed E-state index contributed by atoms with van der Waals surface area (Å²) in [5.74, 6) is -1.04. The summed E-state index contributed by atoms with van der Waals surface area (Å²) >= 11 is 1.22. The fourth-order valence-electron chi connectivity index (χ4n) is 2.17. The van der Waals surface area contributed by atoms with E-state index >= 15 is 0 Å². The van der Waals surface area contributed by atoms with Crippen molar-refractivity contribution in [2.75, 3.05) is 5.32 Å². The van der Waals surface area contributed by atoms with Crippen LogP contribution in [-0.2, 0) is 6.18 Å². The van der Waals surface area contributed by atoms with E-state index in [4.69, 9.17) is 5.11 Å². The SMILES string of the molecule is CC.CC.O=C(O)c1cccc(-c2csc(Nc3cccc(C(F)(F)F)c3)n2)c1. The van der Waals surface area contributed by atoms with Crippen molar-refractivity contribution in [1.82, 2.24) is 4.98 Å². The largest absolute Gasteiger partial charge is 0.478 e. The molecule has 3 aromatic rings. The molecule has 1 aromatic heterocycles. The fourth-order valence-corrected chi connectivity index (χ4v) is 2.91. The van der Waals surface area contributed by atoms with Gasteiger partial charge in [-0.05, 0) is 30.3 Å². The van der Waals surface area contributed by atoms with Gasteiger partial charge in [-0.2, -0.15) is 13.2 Å². The number of rotatable bonds is 4. The molecular formula is C21H23F3N2O2S. The summed E-state index contributed by atoms with van der Waals surface area (Å²) in [4.78, 5) is 15.3. The number of hydrogen-bond donors (Lipinski definition) is 2. The van der Waals surface area contributed by atoms with Gasteiger partial charge in [0.25, 0.3) is 0 Å². The Morgan fingerprint density at radius 1 is 1.03 bits per heavy atom. The molecular weight excluding hydrogens is 401 g/mol. The van der Waals surface area contributed by atoms with E-state index in [-0.39, 0.29) is 11.3 Å². The molecule has 0 saturated carbocycles.